The van der Waals surface area contributed by atoms with E-state index in [1.807, 2.05) is 0 Å². The van der Waals surface area contributed by atoms with Gasteiger partial charge in [-0.3, -0.25) is 5.10 Å². The van der Waals surface area contributed by atoms with Crippen molar-refractivity contribution in [2.45, 2.75) is 64.2 Å². The second-order valence-electron chi connectivity index (χ2n) is 6.15. The van der Waals surface area contributed by atoms with E-state index in [1.165, 1.54) is 64.2 Å². The van der Waals surface area contributed by atoms with Crippen LogP contribution in [0.3, 0.4) is 0 Å². The fraction of sp³-hybridized carbons (Fsp3) is 0.667. The zero-order valence-corrected chi connectivity index (χ0v) is 13.1. The minimum atomic E-state index is 0.989. The molecule has 3 rings (SSSR count). The van der Waals surface area contributed by atoms with E-state index in [4.69, 9.17) is 0 Å². The lowest BCUT2D eigenvalue weighted by atomic mass is 9.78. The first kappa shape index (κ1) is 16.0. The predicted octanol–water partition coefficient (Wildman–Crippen LogP) is 5.06. The summed E-state index contributed by atoms with van der Waals surface area (Å²) in [7, 11) is 0. The molecule has 1 heterocycles. The standard InChI is InChI=1S/C16H26.C2H3N3/c1-3-7-11-15(12-8-4-1)16-13-9-5-2-6-10-14-16;1-2-4-5-3-1/h1,3,5,9,15-16H,2,4,6-8,10-14H2;1-2H,(H,3,4,5). The van der Waals surface area contributed by atoms with Gasteiger partial charge in [0.1, 0.15) is 0 Å². The summed E-state index contributed by atoms with van der Waals surface area (Å²) in [5.41, 5.74) is 0. The van der Waals surface area contributed by atoms with Crippen molar-refractivity contribution in [3.05, 3.63) is 36.7 Å². The van der Waals surface area contributed by atoms with Gasteiger partial charge in [-0.15, -0.1) is 5.10 Å². The molecule has 0 amide bonds. The summed E-state index contributed by atoms with van der Waals surface area (Å²) in [4.78, 5) is 0. The Morgan fingerprint density at radius 2 is 1.57 bits per heavy atom. The van der Waals surface area contributed by atoms with Gasteiger partial charge in [0.15, 0.2) is 0 Å². The van der Waals surface area contributed by atoms with Gasteiger partial charge in [-0.1, -0.05) is 35.9 Å². The molecule has 1 aromatic rings. The maximum atomic E-state index is 3.42. The molecule has 0 fully saturated rings. The number of aromatic nitrogens is 3. The van der Waals surface area contributed by atoms with Crippen LogP contribution in [0.15, 0.2) is 36.7 Å². The number of hydrogen-bond donors (Lipinski definition) is 1. The molecule has 2 atom stereocenters. The third-order valence-electron chi connectivity index (χ3n) is 4.62. The molecule has 0 saturated carbocycles. The van der Waals surface area contributed by atoms with Crippen molar-refractivity contribution in [2.75, 3.05) is 0 Å². The van der Waals surface area contributed by atoms with Crippen LogP contribution in [0.5, 0.6) is 0 Å². The van der Waals surface area contributed by atoms with Gasteiger partial charge < -0.3 is 0 Å². The molecule has 3 heteroatoms. The Morgan fingerprint density at radius 3 is 2.38 bits per heavy atom. The lowest BCUT2D eigenvalue weighted by Gasteiger charge is -2.28. The van der Waals surface area contributed by atoms with E-state index >= 15 is 0 Å². The summed E-state index contributed by atoms with van der Waals surface area (Å²) in [6, 6.07) is 0. The Bertz CT molecular complexity index is 377. The van der Waals surface area contributed by atoms with Gasteiger partial charge in [0.05, 0.1) is 6.20 Å². The van der Waals surface area contributed by atoms with Gasteiger partial charge in [-0.2, -0.15) is 0 Å². The monoisotopic (exact) mass is 287 g/mol. The van der Waals surface area contributed by atoms with E-state index < -0.39 is 0 Å². The predicted molar refractivity (Wildman–Crippen MR) is 87.8 cm³/mol. The van der Waals surface area contributed by atoms with Crippen LogP contribution in [0.25, 0.3) is 0 Å². The van der Waals surface area contributed by atoms with Crippen molar-refractivity contribution in [3.8, 4) is 0 Å². The lowest BCUT2D eigenvalue weighted by molar-refractivity contribution is 0.265. The second kappa shape index (κ2) is 10.4. The smallest absolute Gasteiger partial charge is 0.0690 e. The molecule has 2 aliphatic rings. The number of nitrogens with zero attached hydrogens (tertiary/aromatic N) is 2. The van der Waals surface area contributed by atoms with E-state index in [2.05, 4.69) is 39.7 Å². The topological polar surface area (TPSA) is 41.6 Å². The van der Waals surface area contributed by atoms with Crippen LogP contribution in [0, 0.1) is 11.8 Å². The van der Waals surface area contributed by atoms with Gasteiger partial charge >= 0.3 is 0 Å². The van der Waals surface area contributed by atoms with Crippen LogP contribution in [0.1, 0.15) is 64.2 Å². The number of rotatable bonds is 1. The van der Waals surface area contributed by atoms with E-state index in [1.54, 1.807) is 12.4 Å². The molecule has 3 nitrogen and oxygen atoms in total. The first-order valence-electron chi connectivity index (χ1n) is 8.57. The molecule has 116 valence electrons. The molecule has 0 saturated heterocycles. The van der Waals surface area contributed by atoms with Crippen molar-refractivity contribution in [3.63, 3.8) is 0 Å². The number of aromatic amines is 1. The molecule has 0 bridgehead atoms. The van der Waals surface area contributed by atoms with Gasteiger partial charge in [-0.05, 0) is 69.6 Å². The third-order valence-corrected chi connectivity index (χ3v) is 4.62. The molecule has 0 spiro atoms. The zero-order chi connectivity index (χ0) is 14.6. The third kappa shape index (κ3) is 6.74. The Balaban J connectivity index is 0.000000272. The molecule has 0 radical (unpaired) electrons. The van der Waals surface area contributed by atoms with Crippen LogP contribution < -0.4 is 0 Å². The Kier molecular flexibility index (Phi) is 7.89. The molecule has 1 aromatic heterocycles. The van der Waals surface area contributed by atoms with Crippen molar-refractivity contribution in [2.24, 2.45) is 11.8 Å². The highest BCUT2D eigenvalue weighted by atomic mass is 15.3. The maximum Gasteiger partial charge on any atom is 0.0690 e. The van der Waals surface area contributed by atoms with Crippen molar-refractivity contribution >= 4 is 0 Å². The average Bonchev–Trinajstić information content (AvgIpc) is 2.98. The lowest BCUT2D eigenvalue weighted by Crippen LogP contribution is -2.16. The average molecular weight is 287 g/mol. The SMILES string of the molecule is C1=CCC(C2CCC=CCCC2)CCCC1.c1c[nH]nn1. The first-order chi connectivity index (χ1) is 10.5. The largest absolute Gasteiger partial charge is 0.266 e. The summed E-state index contributed by atoms with van der Waals surface area (Å²) in [6.07, 6.45) is 26.9. The molecule has 2 unspecified atom stereocenters. The summed E-state index contributed by atoms with van der Waals surface area (Å²) < 4.78 is 0. The quantitative estimate of drug-likeness (QED) is 0.733. The summed E-state index contributed by atoms with van der Waals surface area (Å²) >= 11 is 0. The van der Waals surface area contributed by atoms with E-state index in [-0.39, 0.29) is 0 Å². The Hall–Kier alpha value is -1.38. The highest BCUT2D eigenvalue weighted by Gasteiger charge is 2.20. The van der Waals surface area contributed by atoms with Crippen LogP contribution in [-0.4, -0.2) is 15.4 Å². The molecule has 21 heavy (non-hydrogen) atoms. The van der Waals surface area contributed by atoms with Crippen molar-refractivity contribution in [1.82, 2.24) is 15.4 Å². The summed E-state index contributed by atoms with van der Waals surface area (Å²) in [5, 5.41) is 9.26. The van der Waals surface area contributed by atoms with Gasteiger partial charge in [0, 0.05) is 6.20 Å². The molecular weight excluding hydrogens is 258 g/mol. The van der Waals surface area contributed by atoms with Gasteiger partial charge in [0.2, 0.25) is 0 Å². The Labute approximate surface area is 128 Å². The van der Waals surface area contributed by atoms with E-state index in [0.29, 0.717) is 0 Å². The number of hydrogen-bond acceptors (Lipinski definition) is 2. The van der Waals surface area contributed by atoms with Crippen LogP contribution in [-0.2, 0) is 0 Å². The van der Waals surface area contributed by atoms with E-state index in [9.17, 15) is 0 Å². The Morgan fingerprint density at radius 1 is 0.762 bits per heavy atom. The van der Waals surface area contributed by atoms with Crippen LogP contribution in [0.4, 0.5) is 0 Å². The molecule has 0 aromatic carbocycles. The first-order valence-corrected chi connectivity index (χ1v) is 8.57. The summed E-state index contributed by atoms with van der Waals surface area (Å²) in [6.45, 7) is 0. The van der Waals surface area contributed by atoms with Crippen molar-refractivity contribution < 1.29 is 0 Å². The molecule has 0 aliphatic heterocycles. The molecular formula is C18H29N3. The highest BCUT2D eigenvalue weighted by Crippen LogP contribution is 2.33. The van der Waals surface area contributed by atoms with Gasteiger partial charge in [0.25, 0.3) is 0 Å². The zero-order valence-electron chi connectivity index (χ0n) is 13.1. The second-order valence-corrected chi connectivity index (χ2v) is 6.15. The fourth-order valence-corrected chi connectivity index (χ4v) is 3.43. The van der Waals surface area contributed by atoms with Gasteiger partial charge in [-0.25, -0.2) is 0 Å². The van der Waals surface area contributed by atoms with E-state index in [0.717, 1.165) is 11.8 Å². The number of allylic oxidation sites excluding steroid dienone is 4. The number of H-pyrrole nitrogens is 1. The fourth-order valence-electron chi connectivity index (χ4n) is 3.43. The molecule has 1 N–H and O–H groups in total. The normalized spacial score (nSPS) is 26.7. The number of nitrogens with one attached hydrogen (secondary N) is 1. The van der Waals surface area contributed by atoms with Crippen molar-refractivity contribution in [1.29, 1.82) is 0 Å². The maximum absolute atomic E-state index is 3.42. The summed E-state index contributed by atoms with van der Waals surface area (Å²) in [5.74, 6) is 2.00. The molecule has 2 aliphatic carbocycles. The van der Waals surface area contributed by atoms with Crippen LogP contribution >= 0.6 is 0 Å². The van der Waals surface area contributed by atoms with Crippen LogP contribution in [0.2, 0.25) is 0 Å². The minimum Gasteiger partial charge on any atom is -0.266 e. The minimum absolute atomic E-state index is 0.989. The highest BCUT2D eigenvalue weighted by molar-refractivity contribution is 4.91.